The minimum absolute atomic E-state index is 0.0539. The van der Waals surface area contributed by atoms with Gasteiger partial charge >= 0.3 is 0 Å². The molecule has 0 saturated carbocycles. The van der Waals surface area contributed by atoms with Gasteiger partial charge in [-0.05, 0) is 240 Å². The molecule has 4 saturated heterocycles. The number of Topliss-reactive ketones (excluding diaryl/α,β-unsaturated/α-hetero) is 4. The lowest BCUT2D eigenvalue weighted by molar-refractivity contribution is -0.117. The van der Waals surface area contributed by atoms with Crippen LogP contribution in [0.25, 0.3) is 0 Å². The Hall–Kier alpha value is -5.67. The second-order valence-corrected chi connectivity index (χ2v) is 23.8. The van der Waals surface area contributed by atoms with Gasteiger partial charge in [0, 0.05) is 68.6 Å². The van der Waals surface area contributed by atoms with Gasteiger partial charge in [0.15, 0.2) is 17.3 Å². The van der Waals surface area contributed by atoms with Crippen molar-refractivity contribution >= 4 is 23.1 Å². The van der Waals surface area contributed by atoms with Gasteiger partial charge in [-0.1, -0.05) is 73.0 Å². The molecule has 4 heterocycles. The molecule has 9 rings (SSSR count). The van der Waals surface area contributed by atoms with Crippen LogP contribution in [0.4, 0.5) is 13.2 Å². The first-order valence-electron chi connectivity index (χ1n) is 30.7. The summed E-state index contributed by atoms with van der Waals surface area (Å²) in [6.07, 6.45) is 15.2. The molecular weight excluding hydrogens is 1050 g/mol. The lowest BCUT2D eigenvalue weighted by Crippen LogP contribution is -2.42. The largest absolute Gasteiger partial charge is 0.385 e. The number of hydrogen-bond acceptors (Lipinski definition) is 10. The first kappa shape index (κ1) is 66.5. The molecule has 0 aliphatic carbocycles. The molecule has 0 atom stereocenters. The Morgan fingerprint density at radius 3 is 1.02 bits per heavy atom. The van der Waals surface area contributed by atoms with E-state index in [1.54, 1.807) is 43.3 Å². The van der Waals surface area contributed by atoms with Crippen LogP contribution in [-0.4, -0.2) is 131 Å². The van der Waals surface area contributed by atoms with E-state index in [-0.39, 0.29) is 40.6 Å². The summed E-state index contributed by atoms with van der Waals surface area (Å²) in [5.41, 5.74) is 4.83. The predicted molar refractivity (Wildman–Crippen MR) is 326 cm³/mol. The summed E-state index contributed by atoms with van der Waals surface area (Å²) >= 11 is 0. The number of aliphatic hydroxyl groups is 2. The Labute approximate surface area is 493 Å². The van der Waals surface area contributed by atoms with Crippen LogP contribution in [-0.2, 0) is 16.0 Å². The number of ketones is 4. The molecule has 450 valence electrons. The van der Waals surface area contributed by atoms with E-state index in [1.165, 1.54) is 92.7 Å². The zero-order valence-electron chi connectivity index (χ0n) is 50.1. The molecule has 4 aliphatic rings. The van der Waals surface area contributed by atoms with E-state index >= 15 is 0 Å². The Morgan fingerprint density at radius 1 is 0.422 bits per heavy atom. The quantitative estimate of drug-likeness (QED) is 0.0687. The first-order valence-corrected chi connectivity index (χ1v) is 30.7. The zero-order chi connectivity index (χ0) is 59.6. The highest BCUT2D eigenvalue weighted by Gasteiger charge is 2.35. The van der Waals surface area contributed by atoms with Crippen molar-refractivity contribution in [2.45, 2.75) is 148 Å². The molecule has 0 amide bonds. The Balaban J connectivity index is 0.000000180. The SMILES string of the molecule is CC(=O)CCCN1CCC(O)(c2ccc(C)cc2)CC1.CC1CCN(CCCC(=O)c2ccc(F)cc2)CC1.Cc1ccc(C2(O)CCN(CCCC(=O)c3ccc(F)cc3)CC2)cc1.O=C(CCCN1CCCCC1)c1ccc(F)cc1. The monoisotopic (exact) mass is 1140 g/mol. The third-order valence-electron chi connectivity index (χ3n) is 17.0. The predicted octanol–water partition coefficient (Wildman–Crippen LogP) is 13.5. The number of nitrogens with zero attached hydrogens (tertiary/aromatic N) is 4. The fourth-order valence-corrected chi connectivity index (χ4v) is 11.3. The summed E-state index contributed by atoms with van der Waals surface area (Å²) in [5.74, 6) is 0.487. The fourth-order valence-electron chi connectivity index (χ4n) is 11.3. The zero-order valence-corrected chi connectivity index (χ0v) is 50.1. The van der Waals surface area contributed by atoms with Crippen LogP contribution in [0.5, 0.6) is 0 Å². The highest BCUT2D eigenvalue weighted by atomic mass is 19.1. The van der Waals surface area contributed by atoms with Crippen LogP contribution in [0.15, 0.2) is 121 Å². The molecule has 5 aromatic rings. The van der Waals surface area contributed by atoms with Crippen LogP contribution in [0, 0.1) is 37.2 Å². The van der Waals surface area contributed by atoms with Crippen molar-refractivity contribution in [3.63, 3.8) is 0 Å². The number of rotatable bonds is 21. The number of benzene rings is 5. The lowest BCUT2D eigenvalue weighted by atomic mass is 9.84. The summed E-state index contributed by atoms with van der Waals surface area (Å²) in [4.78, 5) is 56.4. The Bertz CT molecular complexity index is 2710. The molecule has 10 nitrogen and oxygen atoms in total. The molecule has 4 aliphatic heterocycles. The normalized spacial score (nSPS) is 17.6. The second kappa shape index (κ2) is 34.3. The van der Waals surface area contributed by atoms with Crippen LogP contribution in [0.1, 0.15) is 176 Å². The van der Waals surface area contributed by atoms with Crippen LogP contribution < -0.4 is 0 Å². The molecule has 0 spiro atoms. The number of carbonyl (C=O) groups is 4. The number of carbonyl (C=O) groups excluding carboxylic acids is 4. The molecule has 2 N–H and O–H groups in total. The van der Waals surface area contributed by atoms with Gasteiger partial charge in [-0.3, -0.25) is 14.4 Å². The summed E-state index contributed by atoms with van der Waals surface area (Å²) in [7, 11) is 0. The van der Waals surface area contributed by atoms with Crippen molar-refractivity contribution in [3.8, 4) is 0 Å². The fraction of sp³-hybridized carbons (Fsp3) is 0.514. The van der Waals surface area contributed by atoms with Gasteiger partial charge in [0.25, 0.3) is 0 Å². The van der Waals surface area contributed by atoms with E-state index < -0.39 is 11.2 Å². The maximum atomic E-state index is 12.9. The maximum absolute atomic E-state index is 12.9. The number of piperidine rings is 4. The summed E-state index contributed by atoms with van der Waals surface area (Å²) in [6, 6.07) is 33.7. The van der Waals surface area contributed by atoms with Gasteiger partial charge in [-0.2, -0.15) is 0 Å². The van der Waals surface area contributed by atoms with Gasteiger partial charge in [-0.15, -0.1) is 0 Å². The summed E-state index contributed by atoms with van der Waals surface area (Å²) in [6.45, 7) is 20.0. The highest BCUT2D eigenvalue weighted by Crippen LogP contribution is 2.34. The summed E-state index contributed by atoms with van der Waals surface area (Å²) < 4.78 is 38.4. The van der Waals surface area contributed by atoms with Gasteiger partial charge in [-0.25, -0.2) is 13.2 Å². The number of hydrogen-bond donors (Lipinski definition) is 2. The molecule has 13 heteroatoms. The Kier molecular flexibility index (Phi) is 27.5. The van der Waals surface area contributed by atoms with Gasteiger partial charge in [0.05, 0.1) is 11.2 Å². The van der Waals surface area contributed by atoms with Crippen molar-refractivity contribution in [2.24, 2.45) is 5.92 Å². The van der Waals surface area contributed by atoms with Crippen LogP contribution >= 0.6 is 0 Å². The molecule has 0 unspecified atom stereocenters. The lowest BCUT2D eigenvalue weighted by Gasteiger charge is -2.38. The van der Waals surface area contributed by atoms with Crippen molar-refractivity contribution in [1.82, 2.24) is 19.6 Å². The van der Waals surface area contributed by atoms with Gasteiger partial charge < -0.3 is 34.6 Å². The second-order valence-electron chi connectivity index (χ2n) is 23.8. The van der Waals surface area contributed by atoms with Crippen molar-refractivity contribution in [1.29, 1.82) is 0 Å². The summed E-state index contributed by atoms with van der Waals surface area (Å²) in [5, 5.41) is 21.7. The van der Waals surface area contributed by atoms with Crippen molar-refractivity contribution in [3.05, 3.63) is 178 Å². The van der Waals surface area contributed by atoms with Crippen molar-refractivity contribution in [2.75, 3.05) is 78.5 Å². The van der Waals surface area contributed by atoms with E-state index in [1.807, 2.05) is 43.3 Å². The van der Waals surface area contributed by atoms with Gasteiger partial charge in [0.1, 0.15) is 23.2 Å². The molecule has 0 radical (unpaired) electrons. The molecule has 5 aromatic carbocycles. The van der Waals surface area contributed by atoms with Crippen LogP contribution in [0.3, 0.4) is 0 Å². The minimum Gasteiger partial charge on any atom is -0.385 e. The first-order chi connectivity index (χ1) is 39.9. The highest BCUT2D eigenvalue weighted by molar-refractivity contribution is 5.97. The molecule has 83 heavy (non-hydrogen) atoms. The average molecular weight is 1140 g/mol. The Morgan fingerprint density at radius 2 is 0.711 bits per heavy atom. The topological polar surface area (TPSA) is 122 Å². The molecule has 0 bridgehead atoms. The van der Waals surface area contributed by atoms with E-state index in [2.05, 4.69) is 45.6 Å². The standard InChI is InChI=1S/C22H26FNO2.C17H25NO2.C16H22FNO.C15H20FNO/c1-17-4-8-19(9-5-17)22(26)12-15-24(16-13-22)14-2-3-21(25)18-6-10-20(23)11-7-18;1-14-5-7-16(8-6-14)17(20)9-12-18(13-10-17)11-3-4-15(2)19;1-13-8-11-18(12-9-13)10-2-3-16(19)14-4-6-15(17)7-5-14;16-14-8-6-13(7-9-14)15(18)5-4-12-17-10-2-1-3-11-17/h4-11,26H,2-3,12-16H2,1H3;5-8,20H,3-4,9-13H2,1-2H3;4-7,13H,2-3,8-12H2,1H3;6-9H,1-5,10-12H2. The number of aryl methyl sites for hydroxylation is 2. The third-order valence-corrected chi connectivity index (χ3v) is 17.0. The van der Waals surface area contributed by atoms with E-state index in [4.69, 9.17) is 0 Å². The van der Waals surface area contributed by atoms with E-state index in [0.717, 1.165) is 121 Å². The van der Waals surface area contributed by atoms with Crippen LogP contribution in [0.2, 0.25) is 0 Å². The number of likely N-dealkylation sites (tertiary alicyclic amines) is 4. The smallest absolute Gasteiger partial charge is 0.162 e. The average Bonchev–Trinajstić information content (AvgIpc) is 3.69. The maximum Gasteiger partial charge on any atom is 0.162 e. The molecule has 4 fully saturated rings. The number of halogens is 3. The minimum atomic E-state index is -0.742. The molecular formula is C70H93F3N4O6. The van der Waals surface area contributed by atoms with E-state index in [9.17, 15) is 42.6 Å². The van der Waals surface area contributed by atoms with E-state index in [0.29, 0.717) is 55.2 Å². The van der Waals surface area contributed by atoms with Gasteiger partial charge in [0.2, 0.25) is 0 Å². The van der Waals surface area contributed by atoms with Crippen molar-refractivity contribution < 1.29 is 42.6 Å². The molecule has 0 aromatic heterocycles. The third kappa shape index (κ3) is 23.4.